The molecule has 1 aromatic rings. The molecule has 1 aliphatic carbocycles. The lowest BCUT2D eigenvalue weighted by Crippen LogP contribution is -2.39. The summed E-state index contributed by atoms with van der Waals surface area (Å²) in [6, 6.07) is 5.08. The molecule has 1 aromatic carbocycles. The van der Waals surface area contributed by atoms with Crippen molar-refractivity contribution in [3.8, 4) is 0 Å². The number of nitrogens with one attached hydrogen (secondary N) is 2. The number of ether oxygens (including phenoxy) is 2. The van der Waals surface area contributed by atoms with Crippen molar-refractivity contribution in [1.82, 2.24) is 10.6 Å². The Labute approximate surface area is 185 Å². The van der Waals surface area contributed by atoms with E-state index in [4.69, 9.17) is 9.47 Å². The van der Waals surface area contributed by atoms with Crippen molar-refractivity contribution in [3.05, 3.63) is 35.1 Å². The summed E-state index contributed by atoms with van der Waals surface area (Å²) < 4.78 is 24.7. The third kappa shape index (κ3) is 8.21. The van der Waals surface area contributed by atoms with Gasteiger partial charge in [0.25, 0.3) is 0 Å². The summed E-state index contributed by atoms with van der Waals surface area (Å²) in [7, 11) is 3.32. The van der Waals surface area contributed by atoms with Crippen molar-refractivity contribution < 1.29 is 13.9 Å². The zero-order valence-electron chi connectivity index (χ0n) is 17.3. The van der Waals surface area contributed by atoms with Gasteiger partial charge in [0.15, 0.2) is 5.96 Å². The van der Waals surface area contributed by atoms with Crippen molar-refractivity contribution in [1.29, 1.82) is 0 Å². The van der Waals surface area contributed by atoms with E-state index in [-0.39, 0.29) is 36.4 Å². The quantitative estimate of drug-likeness (QED) is 0.283. The lowest BCUT2D eigenvalue weighted by atomic mass is 9.98. The van der Waals surface area contributed by atoms with Gasteiger partial charge in [-0.2, -0.15) is 0 Å². The summed E-state index contributed by atoms with van der Waals surface area (Å²) in [6.45, 7) is 4.50. The number of hydrogen-bond acceptors (Lipinski definition) is 3. The average molecular weight is 507 g/mol. The van der Waals surface area contributed by atoms with Crippen molar-refractivity contribution >= 4 is 29.9 Å². The molecule has 5 nitrogen and oxygen atoms in total. The molecule has 1 saturated carbocycles. The molecular weight excluding hydrogens is 472 g/mol. The number of nitrogens with zero attached hydrogens (tertiary/aromatic N) is 1. The highest BCUT2D eigenvalue weighted by atomic mass is 127. The lowest BCUT2D eigenvalue weighted by Gasteiger charge is -2.24. The van der Waals surface area contributed by atoms with Crippen LogP contribution in [0.25, 0.3) is 0 Å². The minimum atomic E-state index is -0.239. The second kappa shape index (κ2) is 14.1. The minimum absolute atomic E-state index is 0. The van der Waals surface area contributed by atoms with Crippen LogP contribution in [0.5, 0.6) is 0 Å². The van der Waals surface area contributed by atoms with Crippen LogP contribution >= 0.6 is 24.0 Å². The van der Waals surface area contributed by atoms with E-state index in [1.807, 2.05) is 6.07 Å². The third-order valence-corrected chi connectivity index (χ3v) is 5.12. The first-order chi connectivity index (χ1) is 13.2. The monoisotopic (exact) mass is 507 g/mol. The zero-order valence-corrected chi connectivity index (χ0v) is 19.6. The van der Waals surface area contributed by atoms with Gasteiger partial charge >= 0.3 is 0 Å². The molecular formula is C21H35FIN3O2. The summed E-state index contributed by atoms with van der Waals surface area (Å²) in [4.78, 5) is 4.27. The molecule has 0 aliphatic heterocycles. The highest BCUT2D eigenvalue weighted by Gasteiger charge is 2.25. The fraction of sp³-hybridized carbons (Fsp3) is 0.667. The van der Waals surface area contributed by atoms with Gasteiger partial charge in [0.2, 0.25) is 0 Å². The Kier molecular flexibility index (Phi) is 12.7. The van der Waals surface area contributed by atoms with Gasteiger partial charge < -0.3 is 20.1 Å². The molecule has 7 heteroatoms. The molecule has 0 bridgehead atoms. The summed E-state index contributed by atoms with van der Waals surface area (Å²) in [6.07, 6.45) is 6.53. The van der Waals surface area contributed by atoms with Crippen LogP contribution < -0.4 is 10.6 Å². The van der Waals surface area contributed by atoms with Crippen LogP contribution in [-0.4, -0.2) is 39.4 Å². The first-order valence-corrected chi connectivity index (χ1v) is 10.00. The van der Waals surface area contributed by atoms with Crippen molar-refractivity contribution in [2.75, 3.05) is 27.3 Å². The number of halogens is 2. The van der Waals surface area contributed by atoms with Gasteiger partial charge in [-0.3, -0.25) is 4.99 Å². The van der Waals surface area contributed by atoms with Crippen LogP contribution in [0.2, 0.25) is 0 Å². The normalized spacial score (nSPS) is 15.9. The van der Waals surface area contributed by atoms with Crippen LogP contribution in [0.1, 0.15) is 50.2 Å². The minimum Gasteiger partial charge on any atom is -0.380 e. The molecule has 1 unspecified atom stereocenters. The number of guanidine groups is 1. The largest absolute Gasteiger partial charge is 0.380 e. The molecule has 1 aliphatic rings. The van der Waals surface area contributed by atoms with Crippen molar-refractivity contribution in [3.63, 3.8) is 0 Å². The van der Waals surface area contributed by atoms with Gasteiger partial charge in [-0.05, 0) is 49.8 Å². The van der Waals surface area contributed by atoms with Crippen LogP contribution in [0.15, 0.2) is 23.2 Å². The summed E-state index contributed by atoms with van der Waals surface area (Å²) in [5.41, 5.74) is 1.56. The van der Waals surface area contributed by atoms with Crippen LogP contribution in [0.3, 0.4) is 0 Å². The van der Waals surface area contributed by atoms with Gasteiger partial charge in [-0.15, -0.1) is 24.0 Å². The smallest absolute Gasteiger partial charge is 0.191 e. The predicted molar refractivity (Wildman–Crippen MR) is 123 cm³/mol. The first-order valence-electron chi connectivity index (χ1n) is 10.00. The van der Waals surface area contributed by atoms with E-state index < -0.39 is 0 Å². The number of aliphatic imine (C=N–C) groups is 1. The molecule has 2 N–H and O–H groups in total. The molecule has 0 spiro atoms. The molecule has 0 heterocycles. The fourth-order valence-electron chi connectivity index (χ4n) is 3.74. The van der Waals surface area contributed by atoms with Crippen molar-refractivity contribution in [2.45, 2.75) is 58.3 Å². The van der Waals surface area contributed by atoms with Crippen LogP contribution in [-0.2, 0) is 22.6 Å². The van der Waals surface area contributed by atoms with Crippen molar-refractivity contribution in [2.24, 2.45) is 10.9 Å². The number of benzene rings is 1. The summed E-state index contributed by atoms with van der Waals surface area (Å²) in [5.74, 6) is 1.20. The van der Waals surface area contributed by atoms with E-state index in [0.29, 0.717) is 24.1 Å². The van der Waals surface area contributed by atoms with Crippen LogP contribution in [0, 0.1) is 11.7 Å². The molecule has 28 heavy (non-hydrogen) atoms. The Hall–Kier alpha value is -0.930. The molecule has 0 radical (unpaired) electrons. The molecule has 1 fully saturated rings. The number of methoxy groups -OCH3 is 1. The molecule has 2 rings (SSSR count). The third-order valence-electron chi connectivity index (χ3n) is 5.12. The summed E-state index contributed by atoms with van der Waals surface area (Å²) >= 11 is 0. The second-order valence-electron chi connectivity index (χ2n) is 7.04. The SMILES string of the molecule is CCOC(CCNC(=NC)NCc1ccc(F)c(COC)c1)C1CCCC1.I. The lowest BCUT2D eigenvalue weighted by molar-refractivity contribution is 0.0169. The Bertz CT molecular complexity index is 595. The summed E-state index contributed by atoms with van der Waals surface area (Å²) in [5, 5.41) is 6.65. The van der Waals surface area contributed by atoms with E-state index in [2.05, 4.69) is 22.5 Å². The van der Waals surface area contributed by atoms with Gasteiger partial charge in [-0.25, -0.2) is 4.39 Å². The van der Waals surface area contributed by atoms with Gasteiger partial charge in [0.1, 0.15) is 5.82 Å². The highest BCUT2D eigenvalue weighted by molar-refractivity contribution is 14.0. The van der Waals surface area contributed by atoms with E-state index in [1.165, 1.54) is 31.7 Å². The Morgan fingerprint density at radius 3 is 2.68 bits per heavy atom. The average Bonchev–Trinajstić information content (AvgIpc) is 3.21. The van der Waals surface area contributed by atoms with E-state index in [9.17, 15) is 4.39 Å². The molecule has 0 amide bonds. The van der Waals surface area contributed by atoms with Gasteiger partial charge in [0, 0.05) is 39.4 Å². The number of hydrogen-bond donors (Lipinski definition) is 2. The second-order valence-corrected chi connectivity index (χ2v) is 7.04. The maximum atomic E-state index is 13.7. The molecule has 1 atom stereocenters. The van der Waals surface area contributed by atoms with E-state index in [0.717, 1.165) is 31.1 Å². The highest BCUT2D eigenvalue weighted by Crippen LogP contribution is 2.30. The topological polar surface area (TPSA) is 54.9 Å². The Morgan fingerprint density at radius 2 is 2.04 bits per heavy atom. The molecule has 0 aromatic heterocycles. The maximum Gasteiger partial charge on any atom is 0.191 e. The standard InChI is InChI=1S/C21H34FN3O2.HI/c1-4-27-20(17-7-5-6-8-17)11-12-24-21(23-2)25-14-16-9-10-19(22)18(13-16)15-26-3;/h9-10,13,17,20H,4-8,11-12,14-15H2,1-3H3,(H2,23,24,25);1H. The zero-order chi connectivity index (χ0) is 19.5. The van der Waals surface area contributed by atoms with Gasteiger partial charge in [0.05, 0.1) is 12.7 Å². The Morgan fingerprint density at radius 1 is 1.29 bits per heavy atom. The Balaban J connectivity index is 0.00000392. The molecule has 160 valence electrons. The van der Waals surface area contributed by atoms with E-state index >= 15 is 0 Å². The molecule has 0 saturated heterocycles. The van der Waals surface area contributed by atoms with Gasteiger partial charge in [-0.1, -0.05) is 18.9 Å². The van der Waals surface area contributed by atoms with E-state index in [1.54, 1.807) is 20.2 Å². The maximum absolute atomic E-state index is 13.7. The number of rotatable bonds is 10. The fourth-order valence-corrected chi connectivity index (χ4v) is 3.74. The first kappa shape index (κ1) is 25.1. The van der Waals surface area contributed by atoms with Crippen LogP contribution in [0.4, 0.5) is 4.39 Å². The predicted octanol–water partition coefficient (Wildman–Crippen LogP) is 4.24.